The number of aryl methyl sites for hydroxylation is 1. The lowest BCUT2D eigenvalue weighted by Gasteiger charge is -2.22. The second kappa shape index (κ2) is 5.69. The predicted molar refractivity (Wildman–Crippen MR) is 76.2 cm³/mol. The molecule has 0 spiro atoms. The SMILES string of the molecule is Cl.NC1CCc2cnc(-c3cccc(C(F)(F)F)c3)n2C1. The van der Waals surface area contributed by atoms with Gasteiger partial charge in [-0.3, -0.25) is 0 Å². The number of aromatic nitrogens is 2. The third-order valence-corrected chi connectivity index (χ3v) is 3.57. The van der Waals surface area contributed by atoms with Gasteiger partial charge in [-0.05, 0) is 25.0 Å². The van der Waals surface area contributed by atoms with E-state index < -0.39 is 11.7 Å². The van der Waals surface area contributed by atoms with Gasteiger partial charge in [0.25, 0.3) is 0 Å². The first-order valence-corrected chi connectivity index (χ1v) is 6.43. The summed E-state index contributed by atoms with van der Waals surface area (Å²) in [7, 11) is 0. The Morgan fingerprint density at radius 1 is 1.29 bits per heavy atom. The number of nitrogens with two attached hydrogens (primary N) is 1. The second-order valence-electron chi connectivity index (χ2n) is 5.06. The summed E-state index contributed by atoms with van der Waals surface area (Å²) in [6, 6.07) is 5.28. The smallest absolute Gasteiger partial charge is 0.327 e. The summed E-state index contributed by atoms with van der Waals surface area (Å²) in [4.78, 5) is 4.27. The predicted octanol–water partition coefficient (Wildman–Crippen LogP) is 3.26. The van der Waals surface area contributed by atoms with Crippen molar-refractivity contribution in [3.8, 4) is 11.4 Å². The Kier molecular flexibility index (Phi) is 4.30. The fraction of sp³-hybridized carbons (Fsp3) is 0.357. The van der Waals surface area contributed by atoms with Crippen LogP contribution in [0.1, 0.15) is 17.7 Å². The van der Waals surface area contributed by atoms with Crippen LogP contribution >= 0.6 is 12.4 Å². The van der Waals surface area contributed by atoms with E-state index in [1.165, 1.54) is 6.07 Å². The lowest BCUT2D eigenvalue weighted by molar-refractivity contribution is -0.137. The standard InChI is InChI=1S/C14H14F3N3.ClH/c15-14(16,17)10-3-1-2-9(6-10)13-19-7-12-5-4-11(18)8-20(12)13;/h1-3,6-7,11H,4-5,8,18H2;1H. The molecule has 1 aromatic carbocycles. The zero-order chi connectivity index (χ0) is 14.3. The van der Waals surface area contributed by atoms with Gasteiger partial charge in [0, 0.05) is 30.0 Å². The third-order valence-electron chi connectivity index (χ3n) is 3.57. The number of nitrogens with zero attached hydrogens (tertiary/aromatic N) is 2. The summed E-state index contributed by atoms with van der Waals surface area (Å²) >= 11 is 0. The maximum atomic E-state index is 12.8. The summed E-state index contributed by atoms with van der Waals surface area (Å²) < 4.78 is 40.2. The number of halogens is 4. The molecule has 0 aliphatic carbocycles. The van der Waals surface area contributed by atoms with Gasteiger partial charge >= 0.3 is 6.18 Å². The van der Waals surface area contributed by atoms with Crippen LogP contribution in [0.3, 0.4) is 0 Å². The van der Waals surface area contributed by atoms with Crippen LogP contribution < -0.4 is 5.73 Å². The highest BCUT2D eigenvalue weighted by Crippen LogP contribution is 2.32. The van der Waals surface area contributed by atoms with Gasteiger partial charge in [0.05, 0.1) is 5.56 Å². The largest absolute Gasteiger partial charge is 0.416 e. The second-order valence-corrected chi connectivity index (χ2v) is 5.06. The molecular formula is C14H15ClF3N3. The number of imidazole rings is 1. The fourth-order valence-electron chi connectivity index (χ4n) is 2.54. The Balaban J connectivity index is 0.00000161. The molecular weight excluding hydrogens is 303 g/mol. The molecule has 3 rings (SSSR count). The minimum Gasteiger partial charge on any atom is -0.327 e. The van der Waals surface area contributed by atoms with Crippen molar-refractivity contribution >= 4 is 12.4 Å². The average molecular weight is 318 g/mol. The third kappa shape index (κ3) is 3.06. The van der Waals surface area contributed by atoms with Crippen LogP contribution in [0.2, 0.25) is 0 Å². The molecule has 2 heterocycles. The molecule has 0 radical (unpaired) electrons. The van der Waals surface area contributed by atoms with Crippen LogP contribution in [0.25, 0.3) is 11.4 Å². The highest BCUT2D eigenvalue weighted by molar-refractivity contribution is 5.85. The molecule has 0 saturated heterocycles. The van der Waals surface area contributed by atoms with Gasteiger partial charge in [-0.15, -0.1) is 12.4 Å². The van der Waals surface area contributed by atoms with Crippen molar-refractivity contribution in [3.05, 3.63) is 41.7 Å². The Labute approximate surface area is 126 Å². The van der Waals surface area contributed by atoms with Gasteiger partial charge in [-0.2, -0.15) is 13.2 Å². The van der Waals surface area contributed by atoms with Crippen LogP contribution in [0, 0.1) is 0 Å². The summed E-state index contributed by atoms with van der Waals surface area (Å²) in [5.74, 6) is 0.557. The molecule has 21 heavy (non-hydrogen) atoms. The fourth-order valence-corrected chi connectivity index (χ4v) is 2.54. The van der Waals surface area contributed by atoms with E-state index in [-0.39, 0.29) is 18.4 Å². The summed E-state index contributed by atoms with van der Waals surface area (Å²) in [5, 5.41) is 0. The van der Waals surface area contributed by atoms with Crippen LogP contribution in [0.15, 0.2) is 30.5 Å². The summed E-state index contributed by atoms with van der Waals surface area (Å²) in [6.45, 7) is 0.598. The highest BCUT2D eigenvalue weighted by Gasteiger charge is 2.31. The molecule has 114 valence electrons. The van der Waals surface area contributed by atoms with Crippen molar-refractivity contribution in [2.45, 2.75) is 31.6 Å². The number of fused-ring (bicyclic) bond motifs is 1. The van der Waals surface area contributed by atoms with Crippen molar-refractivity contribution in [2.75, 3.05) is 0 Å². The lowest BCUT2D eigenvalue weighted by atomic mass is 10.1. The number of alkyl halides is 3. The van der Waals surface area contributed by atoms with Crippen molar-refractivity contribution in [1.82, 2.24) is 9.55 Å². The first-order valence-electron chi connectivity index (χ1n) is 6.43. The summed E-state index contributed by atoms with van der Waals surface area (Å²) in [6.07, 6.45) is -0.925. The zero-order valence-electron chi connectivity index (χ0n) is 11.1. The van der Waals surface area contributed by atoms with Gasteiger partial charge in [-0.1, -0.05) is 12.1 Å². The van der Waals surface area contributed by atoms with Gasteiger partial charge < -0.3 is 10.3 Å². The van der Waals surface area contributed by atoms with E-state index in [2.05, 4.69) is 4.98 Å². The quantitative estimate of drug-likeness (QED) is 0.877. The first-order chi connectivity index (χ1) is 9.45. The topological polar surface area (TPSA) is 43.8 Å². The minimum absolute atomic E-state index is 0. The molecule has 1 aromatic heterocycles. The van der Waals surface area contributed by atoms with Crippen LogP contribution in [-0.2, 0) is 19.1 Å². The number of hydrogen-bond donors (Lipinski definition) is 1. The lowest BCUT2D eigenvalue weighted by Crippen LogP contribution is -2.32. The van der Waals surface area contributed by atoms with Gasteiger partial charge in [0.1, 0.15) is 5.82 Å². The van der Waals surface area contributed by atoms with E-state index >= 15 is 0 Å². The number of benzene rings is 1. The molecule has 2 aromatic rings. The molecule has 0 amide bonds. The molecule has 0 fully saturated rings. The van der Waals surface area contributed by atoms with Crippen LogP contribution in [0.5, 0.6) is 0 Å². The maximum absolute atomic E-state index is 12.8. The van der Waals surface area contributed by atoms with Crippen LogP contribution in [0.4, 0.5) is 13.2 Å². The molecule has 1 unspecified atom stereocenters. The highest BCUT2D eigenvalue weighted by atomic mass is 35.5. The van der Waals surface area contributed by atoms with Gasteiger partial charge in [0.2, 0.25) is 0 Å². The zero-order valence-corrected chi connectivity index (χ0v) is 11.9. The molecule has 7 heteroatoms. The van der Waals surface area contributed by atoms with Gasteiger partial charge in [-0.25, -0.2) is 4.98 Å². The molecule has 1 atom stereocenters. The van der Waals surface area contributed by atoms with E-state index in [0.29, 0.717) is 17.9 Å². The van der Waals surface area contributed by atoms with E-state index in [1.54, 1.807) is 12.3 Å². The van der Waals surface area contributed by atoms with E-state index in [0.717, 1.165) is 30.7 Å². The van der Waals surface area contributed by atoms with Gasteiger partial charge in [0.15, 0.2) is 0 Å². The molecule has 1 aliphatic heterocycles. The number of rotatable bonds is 1. The molecule has 2 N–H and O–H groups in total. The molecule has 3 nitrogen and oxygen atoms in total. The normalized spacial score (nSPS) is 18.0. The Morgan fingerprint density at radius 3 is 2.76 bits per heavy atom. The van der Waals surface area contributed by atoms with E-state index in [1.807, 2.05) is 4.57 Å². The van der Waals surface area contributed by atoms with Crippen molar-refractivity contribution in [2.24, 2.45) is 5.73 Å². The Bertz CT molecular complexity index is 637. The van der Waals surface area contributed by atoms with Crippen molar-refractivity contribution in [1.29, 1.82) is 0 Å². The maximum Gasteiger partial charge on any atom is 0.416 e. The molecule has 0 bridgehead atoms. The van der Waals surface area contributed by atoms with Crippen molar-refractivity contribution in [3.63, 3.8) is 0 Å². The van der Waals surface area contributed by atoms with E-state index in [4.69, 9.17) is 5.73 Å². The summed E-state index contributed by atoms with van der Waals surface area (Å²) in [5.41, 5.74) is 6.77. The minimum atomic E-state index is -4.34. The van der Waals surface area contributed by atoms with E-state index in [9.17, 15) is 13.2 Å². The Morgan fingerprint density at radius 2 is 2.05 bits per heavy atom. The average Bonchev–Trinajstić information content (AvgIpc) is 2.81. The molecule has 0 saturated carbocycles. The monoisotopic (exact) mass is 317 g/mol. The van der Waals surface area contributed by atoms with Crippen molar-refractivity contribution < 1.29 is 13.2 Å². The Hall–Kier alpha value is -1.53. The number of hydrogen-bond acceptors (Lipinski definition) is 2. The first kappa shape index (κ1) is 15.9. The molecule has 1 aliphatic rings. The van der Waals surface area contributed by atoms with Crippen LogP contribution in [-0.4, -0.2) is 15.6 Å².